The molecule has 1 nitrogen and oxygen atoms in total. The van der Waals surface area contributed by atoms with Gasteiger partial charge in [0.05, 0.1) is 6.61 Å². The van der Waals surface area contributed by atoms with Crippen LogP contribution in [0.25, 0.3) is 0 Å². The topological polar surface area (TPSA) is 20.2 Å². The summed E-state index contributed by atoms with van der Waals surface area (Å²) < 4.78 is 0. The smallest absolute Gasteiger partial charge is 0.0681 e. The van der Waals surface area contributed by atoms with Crippen LogP contribution in [-0.4, -0.2) is 11.7 Å². The zero-order valence-corrected chi connectivity index (χ0v) is 7.72. The van der Waals surface area contributed by atoms with Crippen molar-refractivity contribution in [2.45, 2.75) is 33.6 Å². The van der Waals surface area contributed by atoms with E-state index in [1.54, 1.807) is 0 Å². The molecule has 0 aromatic rings. The quantitative estimate of drug-likeness (QED) is 0.617. The van der Waals surface area contributed by atoms with Crippen LogP contribution in [-0.2, 0) is 0 Å². The van der Waals surface area contributed by atoms with Crippen molar-refractivity contribution in [1.29, 1.82) is 0 Å². The molecule has 1 heteroatoms. The summed E-state index contributed by atoms with van der Waals surface area (Å²) in [6.45, 7) is 6.36. The largest absolute Gasteiger partial charge is 0.392 e. The van der Waals surface area contributed by atoms with Gasteiger partial charge in [0.25, 0.3) is 0 Å². The molecule has 0 fully saturated rings. The number of allylic oxidation sites excluding steroid dienone is 2. The third-order valence-electron chi connectivity index (χ3n) is 1.71. The lowest BCUT2D eigenvalue weighted by atomic mass is 10.1. The molecule has 0 radical (unpaired) electrons. The lowest BCUT2D eigenvalue weighted by Gasteiger charge is -2.03. The molecule has 0 atom stereocenters. The molecule has 64 valence electrons. The maximum Gasteiger partial charge on any atom is 0.0681 e. The Labute approximate surface area is 69.4 Å². The van der Waals surface area contributed by atoms with Crippen LogP contribution in [0.2, 0.25) is 0 Å². The van der Waals surface area contributed by atoms with Gasteiger partial charge in [0.1, 0.15) is 0 Å². The highest BCUT2D eigenvalue weighted by Crippen LogP contribution is 2.10. The predicted molar refractivity (Wildman–Crippen MR) is 49.5 cm³/mol. The number of aliphatic hydroxyl groups excluding tert-OH is 1. The molecule has 0 saturated carbocycles. The SMILES string of the molecule is C/C=C\C(CO)=C(\C)CCC. The molecule has 11 heavy (non-hydrogen) atoms. The Hall–Kier alpha value is -0.560. The first kappa shape index (κ1) is 10.4. The summed E-state index contributed by atoms with van der Waals surface area (Å²) in [5.74, 6) is 0. The molecule has 0 bridgehead atoms. The summed E-state index contributed by atoms with van der Waals surface area (Å²) in [4.78, 5) is 0. The molecule has 0 aromatic carbocycles. The van der Waals surface area contributed by atoms with Gasteiger partial charge in [-0.25, -0.2) is 0 Å². The van der Waals surface area contributed by atoms with Crippen LogP contribution in [0.1, 0.15) is 33.6 Å². The van der Waals surface area contributed by atoms with Gasteiger partial charge in [0, 0.05) is 0 Å². The monoisotopic (exact) mass is 154 g/mol. The second-order valence-electron chi connectivity index (χ2n) is 2.71. The first-order valence-electron chi connectivity index (χ1n) is 4.18. The van der Waals surface area contributed by atoms with Gasteiger partial charge in [-0.15, -0.1) is 0 Å². The second kappa shape index (κ2) is 6.17. The molecule has 0 heterocycles. The van der Waals surface area contributed by atoms with E-state index < -0.39 is 0 Å². The van der Waals surface area contributed by atoms with Crippen LogP contribution in [0, 0.1) is 0 Å². The van der Waals surface area contributed by atoms with Crippen molar-refractivity contribution < 1.29 is 5.11 Å². The molecular weight excluding hydrogens is 136 g/mol. The standard InChI is InChI=1S/C10H18O/c1-4-6-9(3)10(8-11)7-5-2/h5,7,11H,4,6,8H2,1-3H3/b7-5-,10-9+. The van der Waals surface area contributed by atoms with Crippen molar-refractivity contribution >= 4 is 0 Å². The van der Waals surface area contributed by atoms with E-state index in [9.17, 15) is 0 Å². The van der Waals surface area contributed by atoms with Crippen LogP contribution < -0.4 is 0 Å². The van der Waals surface area contributed by atoms with Gasteiger partial charge in [-0.2, -0.15) is 0 Å². The van der Waals surface area contributed by atoms with Crippen molar-refractivity contribution in [1.82, 2.24) is 0 Å². The van der Waals surface area contributed by atoms with Crippen LogP contribution in [0.3, 0.4) is 0 Å². The first-order chi connectivity index (χ1) is 5.26. The summed E-state index contributed by atoms with van der Waals surface area (Å²) in [6.07, 6.45) is 6.17. The number of hydrogen-bond acceptors (Lipinski definition) is 1. The summed E-state index contributed by atoms with van der Waals surface area (Å²) in [7, 11) is 0. The van der Waals surface area contributed by atoms with E-state index in [1.807, 2.05) is 19.1 Å². The minimum absolute atomic E-state index is 0.163. The van der Waals surface area contributed by atoms with Crippen molar-refractivity contribution in [2.24, 2.45) is 0 Å². The minimum Gasteiger partial charge on any atom is -0.392 e. The normalized spacial score (nSPS) is 13.8. The second-order valence-corrected chi connectivity index (χ2v) is 2.71. The fraction of sp³-hybridized carbons (Fsp3) is 0.600. The molecular formula is C10H18O. The van der Waals surface area contributed by atoms with E-state index >= 15 is 0 Å². The zero-order chi connectivity index (χ0) is 8.69. The van der Waals surface area contributed by atoms with Gasteiger partial charge in [0.2, 0.25) is 0 Å². The van der Waals surface area contributed by atoms with E-state index in [4.69, 9.17) is 5.11 Å². The van der Waals surface area contributed by atoms with E-state index in [1.165, 1.54) is 5.57 Å². The Morgan fingerprint density at radius 3 is 2.45 bits per heavy atom. The molecule has 0 spiro atoms. The Morgan fingerprint density at radius 1 is 1.45 bits per heavy atom. The van der Waals surface area contributed by atoms with E-state index in [2.05, 4.69) is 13.8 Å². The van der Waals surface area contributed by atoms with Crippen molar-refractivity contribution in [3.8, 4) is 0 Å². The summed E-state index contributed by atoms with van der Waals surface area (Å²) in [5, 5.41) is 8.95. The first-order valence-corrected chi connectivity index (χ1v) is 4.18. The summed E-state index contributed by atoms with van der Waals surface area (Å²) in [5.41, 5.74) is 2.36. The molecule has 0 aromatic heterocycles. The van der Waals surface area contributed by atoms with E-state index in [-0.39, 0.29) is 6.61 Å². The third kappa shape index (κ3) is 3.99. The fourth-order valence-corrected chi connectivity index (χ4v) is 1.07. The minimum atomic E-state index is 0.163. The van der Waals surface area contributed by atoms with Crippen LogP contribution in [0.15, 0.2) is 23.3 Å². The zero-order valence-electron chi connectivity index (χ0n) is 7.72. The molecule has 0 saturated heterocycles. The molecule has 0 aliphatic carbocycles. The van der Waals surface area contributed by atoms with Crippen molar-refractivity contribution in [3.63, 3.8) is 0 Å². The highest BCUT2D eigenvalue weighted by atomic mass is 16.3. The predicted octanol–water partition coefficient (Wildman–Crippen LogP) is 2.67. The molecule has 0 aliphatic heterocycles. The average molecular weight is 154 g/mol. The molecule has 0 amide bonds. The number of rotatable bonds is 4. The molecule has 0 unspecified atom stereocenters. The lowest BCUT2D eigenvalue weighted by molar-refractivity contribution is 0.333. The van der Waals surface area contributed by atoms with E-state index in [0.29, 0.717) is 0 Å². The highest BCUT2D eigenvalue weighted by molar-refractivity contribution is 5.24. The number of aliphatic hydroxyl groups is 1. The third-order valence-corrected chi connectivity index (χ3v) is 1.71. The maximum atomic E-state index is 8.95. The molecule has 0 aliphatic rings. The van der Waals surface area contributed by atoms with Crippen molar-refractivity contribution in [3.05, 3.63) is 23.3 Å². The van der Waals surface area contributed by atoms with Crippen molar-refractivity contribution in [2.75, 3.05) is 6.61 Å². The van der Waals surface area contributed by atoms with Gasteiger partial charge in [0.15, 0.2) is 0 Å². The lowest BCUT2D eigenvalue weighted by Crippen LogP contribution is -1.91. The Kier molecular flexibility index (Phi) is 5.86. The van der Waals surface area contributed by atoms with Gasteiger partial charge in [-0.05, 0) is 25.8 Å². The average Bonchev–Trinajstić information content (AvgIpc) is 2.00. The van der Waals surface area contributed by atoms with E-state index in [0.717, 1.165) is 18.4 Å². The Bertz CT molecular complexity index is 154. The molecule has 0 rings (SSSR count). The number of hydrogen-bond donors (Lipinski definition) is 1. The highest BCUT2D eigenvalue weighted by Gasteiger charge is 1.95. The fourth-order valence-electron chi connectivity index (χ4n) is 1.07. The maximum absolute atomic E-state index is 8.95. The molecule has 1 N–H and O–H groups in total. The van der Waals surface area contributed by atoms with Gasteiger partial charge in [-0.1, -0.05) is 31.1 Å². The van der Waals surface area contributed by atoms with Gasteiger partial charge < -0.3 is 5.11 Å². The van der Waals surface area contributed by atoms with Crippen LogP contribution >= 0.6 is 0 Å². The van der Waals surface area contributed by atoms with Gasteiger partial charge >= 0.3 is 0 Å². The van der Waals surface area contributed by atoms with Crippen LogP contribution in [0.4, 0.5) is 0 Å². The Morgan fingerprint density at radius 2 is 2.09 bits per heavy atom. The Balaban J connectivity index is 4.26. The summed E-state index contributed by atoms with van der Waals surface area (Å²) in [6, 6.07) is 0. The van der Waals surface area contributed by atoms with Gasteiger partial charge in [-0.3, -0.25) is 0 Å². The van der Waals surface area contributed by atoms with Crippen LogP contribution in [0.5, 0.6) is 0 Å². The summed E-state index contributed by atoms with van der Waals surface area (Å²) >= 11 is 0.